The van der Waals surface area contributed by atoms with Crippen LogP contribution >= 0.6 is 0 Å². The zero-order valence-corrected chi connectivity index (χ0v) is 14.1. The third-order valence-corrected chi connectivity index (χ3v) is 4.40. The van der Waals surface area contributed by atoms with Crippen LogP contribution < -0.4 is 10.1 Å². The third kappa shape index (κ3) is 3.98. The van der Waals surface area contributed by atoms with Gasteiger partial charge in [-0.2, -0.15) is 0 Å². The molecule has 0 unspecified atom stereocenters. The van der Waals surface area contributed by atoms with Gasteiger partial charge in [-0.3, -0.25) is 0 Å². The Morgan fingerprint density at radius 3 is 2.64 bits per heavy atom. The first-order valence-corrected chi connectivity index (χ1v) is 8.79. The Hall–Kier alpha value is -2.43. The number of pyridine rings is 1. The third-order valence-electron chi connectivity index (χ3n) is 4.40. The summed E-state index contributed by atoms with van der Waals surface area (Å²) in [5.41, 5.74) is 2.82. The maximum Gasteiger partial charge on any atom is 0.131 e. The summed E-state index contributed by atoms with van der Waals surface area (Å²) < 4.78 is 5.97. The molecule has 0 bridgehead atoms. The Bertz CT molecular complexity index is 847. The molecule has 0 aliphatic heterocycles. The summed E-state index contributed by atoms with van der Waals surface area (Å²) in [6.45, 7) is 0.835. The SMILES string of the molecule is O[C@@H](CNC1CC1)COc1cc(-c2ccccc2)nc2ccccc12. The molecule has 0 spiro atoms. The fraction of sp³-hybridized carbons (Fsp3) is 0.286. The van der Waals surface area contributed by atoms with Gasteiger partial charge in [0.1, 0.15) is 18.5 Å². The average Bonchev–Trinajstić information content (AvgIpc) is 3.49. The van der Waals surface area contributed by atoms with Crippen molar-refractivity contribution >= 4 is 10.9 Å². The summed E-state index contributed by atoms with van der Waals surface area (Å²) >= 11 is 0. The van der Waals surface area contributed by atoms with Crippen LogP contribution in [0.1, 0.15) is 12.8 Å². The van der Waals surface area contributed by atoms with Crippen molar-refractivity contribution in [1.29, 1.82) is 0 Å². The lowest BCUT2D eigenvalue weighted by molar-refractivity contribution is 0.107. The van der Waals surface area contributed by atoms with Gasteiger partial charge in [0.25, 0.3) is 0 Å². The van der Waals surface area contributed by atoms with Crippen molar-refractivity contribution in [2.45, 2.75) is 25.0 Å². The van der Waals surface area contributed by atoms with E-state index < -0.39 is 6.10 Å². The molecule has 128 valence electrons. The largest absolute Gasteiger partial charge is 0.490 e. The molecular weight excluding hydrogens is 312 g/mol. The van der Waals surface area contributed by atoms with Gasteiger partial charge in [0.2, 0.25) is 0 Å². The van der Waals surface area contributed by atoms with Gasteiger partial charge in [0.15, 0.2) is 0 Å². The van der Waals surface area contributed by atoms with Gasteiger partial charge in [0.05, 0.1) is 11.2 Å². The summed E-state index contributed by atoms with van der Waals surface area (Å²) in [6, 6.07) is 20.5. The van der Waals surface area contributed by atoms with E-state index in [4.69, 9.17) is 9.72 Å². The first-order chi connectivity index (χ1) is 12.3. The average molecular weight is 334 g/mol. The van der Waals surface area contributed by atoms with Crippen LogP contribution in [0.5, 0.6) is 5.75 Å². The van der Waals surface area contributed by atoms with Gasteiger partial charge in [0, 0.05) is 29.6 Å². The Balaban J connectivity index is 1.57. The second-order valence-corrected chi connectivity index (χ2v) is 6.54. The van der Waals surface area contributed by atoms with Crippen LogP contribution in [0.15, 0.2) is 60.7 Å². The monoisotopic (exact) mass is 334 g/mol. The van der Waals surface area contributed by atoms with E-state index >= 15 is 0 Å². The second kappa shape index (κ2) is 7.21. The molecule has 0 saturated heterocycles. The first kappa shape index (κ1) is 16.1. The molecule has 4 nitrogen and oxygen atoms in total. The van der Waals surface area contributed by atoms with Crippen molar-refractivity contribution in [3.05, 3.63) is 60.7 Å². The number of para-hydroxylation sites is 1. The highest BCUT2D eigenvalue weighted by Crippen LogP contribution is 2.30. The van der Waals surface area contributed by atoms with Crippen molar-refractivity contribution in [3.8, 4) is 17.0 Å². The van der Waals surface area contributed by atoms with E-state index in [0.29, 0.717) is 12.6 Å². The maximum absolute atomic E-state index is 10.1. The van der Waals surface area contributed by atoms with Crippen LogP contribution in [0.4, 0.5) is 0 Å². The standard InChI is InChI=1S/C21H22N2O2/c24-17(13-22-16-10-11-16)14-25-21-12-20(15-6-2-1-3-7-15)23-19-9-5-4-8-18(19)21/h1-9,12,16-17,22,24H,10-11,13-14H2/t17-/m0/s1. The lowest BCUT2D eigenvalue weighted by atomic mass is 10.1. The molecule has 1 fully saturated rings. The molecule has 2 aromatic carbocycles. The van der Waals surface area contributed by atoms with Gasteiger partial charge in [-0.25, -0.2) is 4.98 Å². The minimum Gasteiger partial charge on any atom is -0.490 e. The predicted octanol–water partition coefficient (Wildman–Crippen LogP) is 3.39. The molecule has 4 rings (SSSR count). The Morgan fingerprint density at radius 2 is 1.84 bits per heavy atom. The van der Waals surface area contributed by atoms with Gasteiger partial charge in [-0.05, 0) is 25.0 Å². The molecule has 1 aliphatic rings. The molecule has 2 N–H and O–H groups in total. The molecule has 3 aromatic rings. The van der Waals surface area contributed by atoms with E-state index in [1.165, 1.54) is 12.8 Å². The van der Waals surface area contributed by atoms with Crippen LogP contribution in [0.25, 0.3) is 22.2 Å². The van der Waals surface area contributed by atoms with E-state index in [9.17, 15) is 5.11 Å². The predicted molar refractivity (Wildman–Crippen MR) is 99.7 cm³/mol. The highest BCUT2D eigenvalue weighted by molar-refractivity contribution is 5.87. The topological polar surface area (TPSA) is 54.4 Å². The fourth-order valence-electron chi connectivity index (χ4n) is 2.85. The molecule has 0 amide bonds. The highest BCUT2D eigenvalue weighted by Gasteiger charge is 2.21. The maximum atomic E-state index is 10.1. The number of fused-ring (bicyclic) bond motifs is 1. The smallest absolute Gasteiger partial charge is 0.131 e. The fourth-order valence-corrected chi connectivity index (χ4v) is 2.85. The van der Waals surface area contributed by atoms with E-state index in [1.54, 1.807) is 0 Å². The Labute approximate surface area is 147 Å². The molecule has 0 radical (unpaired) electrons. The first-order valence-electron chi connectivity index (χ1n) is 8.79. The molecule has 1 aromatic heterocycles. The van der Waals surface area contributed by atoms with Crippen LogP contribution in [0, 0.1) is 0 Å². The number of rotatable bonds is 7. The number of benzene rings is 2. The molecule has 1 saturated carbocycles. The molecular formula is C21H22N2O2. The number of ether oxygens (including phenoxy) is 1. The molecule has 25 heavy (non-hydrogen) atoms. The lowest BCUT2D eigenvalue weighted by Gasteiger charge is -2.15. The molecule has 4 heteroatoms. The zero-order valence-electron chi connectivity index (χ0n) is 14.1. The number of aliphatic hydroxyl groups is 1. The Kier molecular flexibility index (Phi) is 4.63. The van der Waals surface area contributed by atoms with E-state index in [0.717, 1.165) is 27.9 Å². The van der Waals surface area contributed by atoms with Crippen molar-refractivity contribution in [2.75, 3.05) is 13.2 Å². The normalized spacial score (nSPS) is 15.2. The number of hydrogen-bond donors (Lipinski definition) is 2. The van der Waals surface area contributed by atoms with Gasteiger partial charge in [-0.1, -0.05) is 42.5 Å². The molecule has 1 aliphatic carbocycles. The number of hydrogen-bond acceptors (Lipinski definition) is 4. The minimum absolute atomic E-state index is 0.266. The zero-order chi connectivity index (χ0) is 17.1. The van der Waals surface area contributed by atoms with Gasteiger partial charge >= 0.3 is 0 Å². The summed E-state index contributed by atoms with van der Waals surface area (Å²) in [4.78, 5) is 4.75. The summed E-state index contributed by atoms with van der Waals surface area (Å²) in [5.74, 6) is 0.759. The van der Waals surface area contributed by atoms with Gasteiger partial charge in [-0.15, -0.1) is 0 Å². The number of nitrogens with one attached hydrogen (secondary N) is 1. The quantitative estimate of drug-likeness (QED) is 0.695. The molecule has 1 heterocycles. The summed E-state index contributed by atoms with van der Waals surface area (Å²) in [7, 11) is 0. The van der Waals surface area contributed by atoms with Gasteiger partial charge < -0.3 is 15.2 Å². The summed E-state index contributed by atoms with van der Waals surface area (Å²) in [5, 5.41) is 14.4. The Morgan fingerprint density at radius 1 is 1.08 bits per heavy atom. The van der Waals surface area contributed by atoms with Crippen molar-refractivity contribution in [3.63, 3.8) is 0 Å². The van der Waals surface area contributed by atoms with E-state index in [1.807, 2.05) is 60.7 Å². The van der Waals surface area contributed by atoms with Crippen molar-refractivity contribution < 1.29 is 9.84 Å². The number of aliphatic hydroxyl groups excluding tert-OH is 1. The van der Waals surface area contributed by atoms with Crippen molar-refractivity contribution in [2.24, 2.45) is 0 Å². The van der Waals surface area contributed by atoms with E-state index in [-0.39, 0.29) is 6.61 Å². The highest BCUT2D eigenvalue weighted by atomic mass is 16.5. The summed E-state index contributed by atoms with van der Waals surface area (Å²) in [6.07, 6.45) is 1.90. The lowest BCUT2D eigenvalue weighted by Crippen LogP contribution is -2.32. The second-order valence-electron chi connectivity index (χ2n) is 6.54. The molecule has 1 atom stereocenters. The van der Waals surface area contributed by atoms with Crippen LogP contribution in [-0.2, 0) is 0 Å². The van der Waals surface area contributed by atoms with Crippen LogP contribution in [0.3, 0.4) is 0 Å². The van der Waals surface area contributed by atoms with Crippen LogP contribution in [0.2, 0.25) is 0 Å². The van der Waals surface area contributed by atoms with Crippen molar-refractivity contribution in [1.82, 2.24) is 10.3 Å². The van der Waals surface area contributed by atoms with E-state index in [2.05, 4.69) is 5.32 Å². The van der Waals surface area contributed by atoms with Crippen LogP contribution in [-0.4, -0.2) is 35.4 Å². The number of nitrogens with zero attached hydrogens (tertiary/aromatic N) is 1. The minimum atomic E-state index is -0.521. The number of aromatic nitrogens is 1.